The molecule has 0 radical (unpaired) electrons. The molecule has 3 aliphatic rings. The molecule has 3 saturated heterocycles. The molecule has 6 nitrogen and oxygen atoms in total. The minimum absolute atomic E-state index is 0.0503. The lowest BCUT2D eigenvalue weighted by Crippen LogP contribution is -2.39. The van der Waals surface area contributed by atoms with Gasteiger partial charge in [0.1, 0.15) is 12.2 Å². The standard InChI is InChI=1S/C14H24O6/c1-13(2)16-7-9(18-13)10-8(5-6-15)11-12(17-10)20-14(3,4)19-11/h8-12,15H,5-7H2,1-4H3/t8-,9+,10+,11-,12-/m1/s1. The first-order valence-electron chi connectivity index (χ1n) is 7.25. The minimum Gasteiger partial charge on any atom is -0.396 e. The molecule has 0 aromatic rings. The number of aliphatic hydroxyl groups is 1. The first-order chi connectivity index (χ1) is 9.31. The lowest BCUT2D eigenvalue weighted by Gasteiger charge is -2.28. The fourth-order valence-corrected chi connectivity index (χ4v) is 3.31. The van der Waals surface area contributed by atoms with Crippen LogP contribution in [-0.2, 0) is 23.7 Å². The number of ether oxygens (including phenoxy) is 5. The summed E-state index contributed by atoms with van der Waals surface area (Å²) in [5, 5.41) is 9.32. The largest absolute Gasteiger partial charge is 0.396 e. The van der Waals surface area contributed by atoms with Crippen molar-refractivity contribution in [1.82, 2.24) is 0 Å². The summed E-state index contributed by atoms with van der Waals surface area (Å²) in [7, 11) is 0. The maximum absolute atomic E-state index is 9.32. The topological polar surface area (TPSA) is 66.4 Å². The molecular formula is C14H24O6. The summed E-state index contributed by atoms with van der Waals surface area (Å²) in [5.74, 6) is -1.18. The van der Waals surface area contributed by atoms with E-state index in [4.69, 9.17) is 23.7 Å². The summed E-state index contributed by atoms with van der Waals surface area (Å²) in [6.45, 7) is 8.10. The fraction of sp³-hybridized carbons (Fsp3) is 1.00. The first-order valence-corrected chi connectivity index (χ1v) is 7.25. The third-order valence-corrected chi connectivity index (χ3v) is 4.08. The van der Waals surface area contributed by atoms with Gasteiger partial charge in [0.05, 0.1) is 12.7 Å². The van der Waals surface area contributed by atoms with Gasteiger partial charge in [-0.25, -0.2) is 0 Å². The summed E-state index contributed by atoms with van der Waals surface area (Å²) in [5.41, 5.74) is 0. The fourth-order valence-electron chi connectivity index (χ4n) is 3.31. The second-order valence-corrected chi connectivity index (χ2v) is 6.61. The van der Waals surface area contributed by atoms with Crippen LogP contribution in [0.4, 0.5) is 0 Å². The SMILES string of the molecule is CC1(C)O[C@H]2O[C@H]([C@@H]3COC(C)(C)O3)[C@@H](CCO)[C@H]2O1. The number of rotatable bonds is 3. The van der Waals surface area contributed by atoms with Crippen LogP contribution in [0.2, 0.25) is 0 Å². The van der Waals surface area contributed by atoms with Gasteiger partial charge in [-0.1, -0.05) is 0 Å². The van der Waals surface area contributed by atoms with Gasteiger partial charge in [0.25, 0.3) is 0 Å². The van der Waals surface area contributed by atoms with Crippen LogP contribution in [0.25, 0.3) is 0 Å². The van der Waals surface area contributed by atoms with Gasteiger partial charge in [0.15, 0.2) is 17.9 Å². The third-order valence-electron chi connectivity index (χ3n) is 4.08. The van der Waals surface area contributed by atoms with Crippen molar-refractivity contribution in [1.29, 1.82) is 0 Å². The van der Waals surface area contributed by atoms with Gasteiger partial charge in [-0.2, -0.15) is 0 Å². The van der Waals surface area contributed by atoms with Crippen molar-refractivity contribution in [3.05, 3.63) is 0 Å². The van der Waals surface area contributed by atoms with Crippen LogP contribution < -0.4 is 0 Å². The van der Waals surface area contributed by atoms with Crippen LogP contribution in [0.3, 0.4) is 0 Å². The Morgan fingerprint density at radius 2 is 1.75 bits per heavy atom. The molecule has 3 heterocycles. The zero-order chi connectivity index (χ0) is 14.5. The molecular weight excluding hydrogens is 264 g/mol. The molecule has 0 unspecified atom stereocenters. The number of aliphatic hydroxyl groups excluding tert-OH is 1. The Balaban J connectivity index is 1.73. The summed E-state index contributed by atoms with van der Waals surface area (Å²) >= 11 is 0. The van der Waals surface area contributed by atoms with Crippen molar-refractivity contribution in [3.8, 4) is 0 Å². The Kier molecular flexibility index (Phi) is 3.60. The highest BCUT2D eigenvalue weighted by Gasteiger charge is 2.57. The summed E-state index contributed by atoms with van der Waals surface area (Å²) in [6.07, 6.45) is -0.267. The van der Waals surface area contributed by atoms with Crippen LogP contribution in [-0.4, -0.2) is 54.5 Å². The van der Waals surface area contributed by atoms with Crippen LogP contribution >= 0.6 is 0 Å². The molecule has 0 bridgehead atoms. The molecule has 0 aliphatic carbocycles. The second-order valence-electron chi connectivity index (χ2n) is 6.61. The van der Waals surface area contributed by atoms with E-state index in [0.717, 1.165) is 0 Å². The summed E-state index contributed by atoms with van der Waals surface area (Å²) in [4.78, 5) is 0. The Bertz CT molecular complexity index is 369. The quantitative estimate of drug-likeness (QED) is 0.836. The van der Waals surface area contributed by atoms with E-state index in [2.05, 4.69) is 0 Å². The lowest BCUT2D eigenvalue weighted by atomic mass is 9.92. The van der Waals surface area contributed by atoms with Gasteiger partial charge < -0.3 is 28.8 Å². The van der Waals surface area contributed by atoms with E-state index in [9.17, 15) is 5.11 Å². The normalized spacial score (nSPS) is 45.8. The maximum atomic E-state index is 9.32. The van der Waals surface area contributed by atoms with E-state index in [-0.39, 0.29) is 37.1 Å². The van der Waals surface area contributed by atoms with Gasteiger partial charge >= 0.3 is 0 Å². The van der Waals surface area contributed by atoms with Crippen molar-refractivity contribution in [2.24, 2.45) is 5.92 Å². The van der Waals surface area contributed by atoms with E-state index in [1.807, 2.05) is 27.7 Å². The van der Waals surface area contributed by atoms with Crippen molar-refractivity contribution in [2.45, 2.75) is 70.3 Å². The number of hydrogen-bond donors (Lipinski definition) is 1. The van der Waals surface area contributed by atoms with Crippen LogP contribution in [0.1, 0.15) is 34.1 Å². The monoisotopic (exact) mass is 288 g/mol. The zero-order valence-corrected chi connectivity index (χ0v) is 12.5. The van der Waals surface area contributed by atoms with Gasteiger partial charge in [-0.3, -0.25) is 0 Å². The predicted octanol–water partition coefficient (Wildman–Crippen LogP) is 1.01. The highest BCUT2D eigenvalue weighted by Crippen LogP contribution is 2.44. The molecule has 5 atom stereocenters. The molecule has 0 amide bonds. The van der Waals surface area contributed by atoms with E-state index >= 15 is 0 Å². The summed E-state index contributed by atoms with van der Waals surface area (Å²) < 4.78 is 29.2. The van der Waals surface area contributed by atoms with Crippen molar-refractivity contribution < 1.29 is 28.8 Å². The molecule has 0 spiro atoms. The van der Waals surface area contributed by atoms with Crippen LogP contribution in [0.15, 0.2) is 0 Å². The van der Waals surface area contributed by atoms with Gasteiger partial charge in [-0.15, -0.1) is 0 Å². The Morgan fingerprint density at radius 3 is 2.35 bits per heavy atom. The van der Waals surface area contributed by atoms with Crippen LogP contribution in [0.5, 0.6) is 0 Å². The molecule has 6 heteroatoms. The van der Waals surface area contributed by atoms with Crippen molar-refractivity contribution in [2.75, 3.05) is 13.2 Å². The lowest BCUT2D eigenvalue weighted by molar-refractivity contribution is -0.227. The molecule has 0 saturated carbocycles. The Hall–Kier alpha value is -0.240. The van der Waals surface area contributed by atoms with Crippen molar-refractivity contribution in [3.63, 3.8) is 0 Å². The van der Waals surface area contributed by atoms with Gasteiger partial charge in [0, 0.05) is 12.5 Å². The van der Waals surface area contributed by atoms with Gasteiger partial charge in [0.2, 0.25) is 0 Å². The Morgan fingerprint density at radius 1 is 1.00 bits per heavy atom. The van der Waals surface area contributed by atoms with Crippen molar-refractivity contribution >= 4 is 0 Å². The van der Waals surface area contributed by atoms with E-state index in [1.54, 1.807) is 0 Å². The highest BCUT2D eigenvalue weighted by molar-refractivity contribution is 4.97. The smallest absolute Gasteiger partial charge is 0.187 e. The Labute approximate surface area is 119 Å². The molecule has 20 heavy (non-hydrogen) atoms. The van der Waals surface area contributed by atoms with E-state index < -0.39 is 11.6 Å². The zero-order valence-electron chi connectivity index (χ0n) is 12.5. The molecule has 3 rings (SSSR count). The average Bonchev–Trinajstić information content (AvgIpc) is 2.91. The average molecular weight is 288 g/mol. The molecule has 3 fully saturated rings. The van der Waals surface area contributed by atoms with E-state index in [1.165, 1.54) is 0 Å². The van der Waals surface area contributed by atoms with E-state index in [0.29, 0.717) is 13.0 Å². The second kappa shape index (κ2) is 4.90. The molecule has 0 aromatic carbocycles. The van der Waals surface area contributed by atoms with Gasteiger partial charge in [-0.05, 0) is 34.1 Å². The molecule has 0 aromatic heterocycles. The number of hydrogen-bond acceptors (Lipinski definition) is 6. The maximum Gasteiger partial charge on any atom is 0.187 e. The molecule has 1 N–H and O–H groups in total. The highest BCUT2D eigenvalue weighted by atomic mass is 16.8. The molecule has 116 valence electrons. The summed E-state index contributed by atoms with van der Waals surface area (Å²) in [6, 6.07) is 0. The number of fused-ring (bicyclic) bond motifs is 1. The molecule has 3 aliphatic heterocycles. The van der Waals surface area contributed by atoms with Crippen LogP contribution in [0, 0.1) is 5.92 Å². The first kappa shape index (κ1) is 14.7. The third kappa shape index (κ3) is 2.61. The predicted molar refractivity (Wildman–Crippen MR) is 68.8 cm³/mol. The minimum atomic E-state index is -0.639.